The van der Waals surface area contributed by atoms with Crippen molar-refractivity contribution in [3.63, 3.8) is 0 Å². The molecule has 0 spiro atoms. The number of hydrogen-bond donors (Lipinski definition) is 4. The van der Waals surface area contributed by atoms with E-state index in [0.717, 1.165) is 52.6 Å². The molecule has 0 fully saturated rings. The van der Waals surface area contributed by atoms with Gasteiger partial charge < -0.3 is 20.1 Å². The van der Waals surface area contributed by atoms with Crippen LogP contribution in [-0.2, 0) is 28.9 Å². The SMILES string of the molecule is CCCCc1nc2c(N)nc3ccc(CNC(=O)CI)cc3c2n1Cc1ccc(OP(=O)(O)O)c(C)c1. The van der Waals surface area contributed by atoms with Gasteiger partial charge in [-0.3, -0.25) is 14.6 Å². The summed E-state index contributed by atoms with van der Waals surface area (Å²) in [5.74, 6) is 1.34. The van der Waals surface area contributed by atoms with Crippen molar-refractivity contribution in [1.82, 2.24) is 19.9 Å². The number of anilines is 1. The standard InChI is InChI=1S/C25H29IN5O5P/c1-3-4-5-21-30-23-24(31(21)14-17-7-9-20(15(2)10-17)36-37(33,34)35)18-11-16(13-28-22(32)12-26)6-8-19(18)29-25(23)27/h6-11H,3-5,12-14H2,1-2H3,(H2,27,29)(H,28,32)(H2,33,34,35). The Morgan fingerprint density at radius 3 is 2.62 bits per heavy atom. The van der Waals surface area contributed by atoms with Crippen LogP contribution in [0.25, 0.3) is 21.9 Å². The van der Waals surface area contributed by atoms with Crippen molar-refractivity contribution in [2.75, 3.05) is 10.2 Å². The second-order valence-electron chi connectivity index (χ2n) is 8.86. The molecule has 2 aromatic carbocycles. The molecule has 0 unspecified atom stereocenters. The van der Waals surface area contributed by atoms with Crippen molar-refractivity contribution in [3.8, 4) is 5.75 Å². The number of nitrogen functional groups attached to an aromatic ring is 1. The lowest BCUT2D eigenvalue weighted by molar-refractivity contribution is -0.118. The summed E-state index contributed by atoms with van der Waals surface area (Å²) < 4.78 is 18.6. The van der Waals surface area contributed by atoms with E-state index in [-0.39, 0.29) is 11.7 Å². The zero-order chi connectivity index (χ0) is 26.7. The number of phosphoric acid groups is 1. The number of amides is 1. The van der Waals surface area contributed by atoms with Gasteiger partial charge in [0, 0.05) is 24.9 Å². The van der Waals surface area contributed by atoms with E-state index in [1.807, 2.05) is 46.9 Å². The number of aromatic nitrogens is 3. The van der Waals surface area contributed by atoms with Crippen LogP contribution in [0.15, 0.2) is 36.4 Å². The van der Waals surface area contributed by atoms with E-state index >= 15 is 0 Å². The summed E-state index contributed by atoms with van der Waals surface area (Å²) in [6.07, 6.45) is 2.72. The number of halogens is 1. The molecule has 5 N–H and O–H groups in total. The number of alkyl halides is 1. The van der Waals surface area contributed by atoms with E-state index in [2.05, 4.69) is 21.8 Å². The number of fused-ring (bicyclic) bond motifs is 3. The van der Waals surface area contributed by atoms with Crippen LogP contribution in [-0.4, -0.2) is 34.7 Å². The molecule has 0 atom stereocenters. The van der Waals surface area contributed by atoms with Crippen molar-refractivity contribution in [2.45, 2.75) is 46.2 Å². The Kier molecular flexibility index (Phi) is 8.37. The zero-order valence-corrected chi connectivity index (χ0v) is 23.6. The number of hydrogen-bond acceptors (Lipinski definition) is 6. The van der Waals surface area contributed by atoms with Gasteiger partial charge in [-0.05, 0) is 48.2 Å². The third-order valence-corrected chi connectivity index (χ3v) is 7.14. The van der Waals surface area contributed by atoms with Gasteiger partial charge in [-0.2, -0.15) is 0 Å². The van der Waals surface area contributed by atoms with E-state index in [9.17, 15) is 19.1 Å². The molecule has 1 amide bonds. The Morgan fingerprint density at radius 2 is 1.95 bits per heavy atom. The number of aryl methyl sites for hydroxylation is 2. The molecule has 12 heteroatoms. The van der Waals surface area contributed by atoms with Crippen LogP contribution < -0.4 is 15.6 Å². The van der Waals surface area contributed by atoms with Crippen LogP contribution in [0.5, 0.6) is 5.75 Å². The maximum absolute atomic E-state index is 11.8. The number of nitrogens with zero attached hydrogens (tertiary/aromatic N) is 3. The number of benzene rings is 2. The fourth-order valence-corrected chi connectivity index (χ4v) is 5.01. The van der Waals surface area contributed by atoms with Gasteiger partial charge in [0.2, 0.25) is 5.91 Å². The van der Waals surface area contributed by atoms with Crippen LogP contribution in [0.4, 0.5) is 5.82 Å². The summed E-state index contributed by atoms with van der Waals surface area (Å²) in [4.78, 5) is 39.6. The number of rotatable bonds is 10. The predicted molar refractivity (Wildman–Crippen MR) is 152 cm³/mol. The van der Waals surface area contributed by atoms with E-state index < -0.39 is 7.82 Å². The Bertz CT molecular complexity index is 1520. The minimum Gasteiger partial charge on any atom is -0.404 e. The Labute approximate surface area is 228 Å². The maximum atomic E-state index is 11.8. The molecule has 4 aromatic rings. The summed E-state index contributed by atoms with van der Waals surface area (Å²) in [7, 11) is -4.65. The first kappa shape index (κ1) is 27.3. The fraction of sp³-hybridized carbons (Fsp3) is 0.320. The summed E-state index contributed by atoms with van der Waals surface area (Å²) in [6.45, 7) is 4.74. The van der Waals surface area contributed by atoms with Crippen LogP contribution in [0, 0.1) is 6.92 Å². The molecule has 2 aromatic heterocycles. The Morgan fingerprint density at radius 1 is 1.19 bits per heavy atom. The normalized spacial score (nSPS) is 11.8. The molecule has 196 valence electrons. The molecule has 0 aliphatic carbocycles. The van der Waals surface area contributed by atoms with Crippen molar-refractivity contribution < 1.29 is 23.7 Å². The average Bonchev–Trinajstić information content (AvgIpc) is 3.21. The molecule has 4 rings (SSSR count). The smallest absolute Gasteiger partial charge is 0.404 e. The molecule has 0 aliphatic heterocycles. The quantitative estimate of drug-likeness (QED) is 0.114. The minimum atomic E-state index is -4.65. The van der Waals surface area contributed by atoms with E-state index in [1.54, 1.807) is 19.1 Å². The second-order valence-corrected chi connectivity index (χ2v) is 10.8. The molecule has 0 saturated heterocycles. The van der Waals surface area contributed by atoms with Gasteiger partial charge in [-0.15, -0.1) is 0 Å². The maximum Gasteiger partial charge on any atom is 0.524 e. The minimum absolute atomic E-state index is 0.0327. The summed E-state index contributed by atoms with van der Waals surface area (Å²) >= 11 is 2.03. The van der Waals surface area contributed by atoms with Crippen molar-refractivity contribution in [1.29, 1.82) is 0 Å². The molecular weight excluding hydrogens is 608 g/mol. The highest BCUT2D eigenvalue weighted by atomic mass is 127. The van der Waals surface area contributed by atoms with Crippen molar-refractivity contribution in [3.05, 3.63) is 58.9 Å². The van der Waals surface area contributed by atoms with Crippen LogP contribution in [0.3, 0.4) is 0 Å². The highest BCUT2D eigenvalue weighted by Gasteiger charge is 2.20. The van der Waals surface area contributed by atoms with Crippen LogP contribution >= 0.6 is 30.4 Å². The first-order chi connectivity index (χ1) is 17.6. The third kappa shape index (κ3) is 6.40. The summed E-state index contributed by atoms with van der Waals surface area (Å²) in [5, 5.41) is 3.79. The molecular formula is C25H29IN5O5P. The van der Waals surface area contributed by atoms with Gasteiger partial charge in [0.1, 0.15) is 17.1 Å². The van der Waals surface area contributed by atoms with E-state index in [0.29, 0.717) is 34.4 Å². The number of imidazole rings is 1. The average molecular weight is 637 g/mol. The first-order valence-corrected chi connectivity index (χ1v) is 14.9. The summed E-state index contributed by atoms with van der Waals surface area (Å²) in [6, 6.07) is 11.0. The lowest BCUT2D eigenvalue weighted by Crippen LogP contribution is -2.23. The van der Waals surface area contributed by atoms with Gasteiger partial charge >= 0.3 is 7.82 Å². The topological polar surface area (TPSA) is 153 Å². The highest BCUT2D eigenvalue weighted by molar-refractivity contribution is 14.1. The van der Waals surface area contributed by atoms with Crippen molar-refractivity contribution >= 4 is 64.1 Å². The molecule has 0 aliphatic rings. The van der Waals surface area contributed by atoms with Gasteiger partial charge in [0.15, 0.2) is 5.82 Å². The number of carbonyl (C=O) groups is 1. The zero-order valence-electron chi connectivity index (χ0n) is 20.6. The number of nitrogens with one attached hydrogen (secondary N) is 1. The van der Waals surface area contributed by atoms with Crippen molar-refractivity contribution in [2.24, 2.45) is 0 Å². The molecule has 2 heterocycles. The monoisotopic (exact) mass is 637 g/mol. The molecule has 0 radical (unpaired) electrons. The van der Waals surface area contributed by atoms with Crippen LogP contribution in [0.2, 0.25) is 0 Å². The second kappa shape index (κ2) is 11.3. The number of unbranched alkanes of at least 4 members (excludes halogenated alkanes) is 1. The summed E-state index contributed by atoms with van der Waals surface area (Å²) in [5.41, 5.74) is 11.0. The van der Waals surface area contributed by atoms with E-state index in [4.69, 9.17) is 15.2 Å². The van der Waals surface area contributed by atoms with Gasteiger partial charge in [0.25, 0.3) is 0 Å². The van der Waals surface area contributed by atoms with Gasteiger partial charge in [0.05, 0.1) is 15.5 Å². The Balaban J connectivity index is 1.83. The molecule has 37 heavy (non-hydrogen) atoms. The molecule has 0 saturated carbocycles. The first-order valence-electron chi connectivity index (χ1n) is 11.8. The molecule has 0 bridgehead atoms. The Hall–Kier alpha value is -2.73. The van der Waals surface area contributed by atoms with Crippen LogP contribution in [0.1, 0.15) is 42.3 Å². The number of nitrogens with two attached hydrogens (primary N) is 1. The lowest BCUT2D eigenvalue weighted by Gasteiger charge is -2.14. The third-order valence-electron chi connectivity index (χ3n) is 6.01. The lowest BCUT2D eigenvalue weighted by atomic mass is 10.1. The van der Waals surface area contributed by atoms with Gasteiger partial charge in [-0.25, -0.2) is 14.5 Å². The largest absolute Gasteiger partial charge is 0.524 e. The van der Waals surface area contributed by atoms with E-state index in [1.165, 1.54) is 0 Å². The highest BCUT2D eigenvalue weighted by Crippen LogP contribution is 2.39. The fourth-order valence-electron chi connectivity index (χ4n) is 4.28. The van der Waals surface area contributed by atoms with Gasteiger partial charge in [-0.1, -0.05) is 54.1 Å². The molecule has 10 nitrogen and oxygen atoms in total. The predicted octanol–water partition coefficient (Wildman–Crippen LogP) is 4.39. The number of phosphoric ester groups is 1. The number of pyridine rings is 1. The number of carbonyl (C=O) groups excluding carboxylic acids is 1.